The lowest BCUT2D eigenvalue weighted by molar-refractivity contribution is 0.0731. The molecule has 0 radical (unpaired) electrons. The van der Waals surface area contributed by atoms with E-state index in [-0.39, 0.29) is 11.5 Å². The molecule has 6 heteroatoms. The van der Waals surface area contributed by atoms with Gasteiger partial charge in [0.2, 0.25) is 0 Å². The predicted molar refractivity (Wildman–Crippen MR) is 95.0 cm³/mol. The summed E-state index contributed by atoms with van der Waals surface area (Å²) in [5.41, 5.74) is 8.55. The molecule has 0 spiro atoms. The Kier molecular flexibility index (Phi) is 4.89. The predicted octanol–water partition coefficient (Wildman–Crippen LogP) is 1.43. The Morgan fingerprint density at radius 2 is 1.54 bits per heavy atom. The Morgan fingerprint density at radius 3 is 2.08 bits per heavy atom. The summed E-state index contributed by atoms with van der Waals surface area (Å²) in [6, 6.07) is 17.0. The first-order valence-electron chi connectivity index (χ1n) is 7.94. The topological polar surface area (TPSA) is 83.6 Å². The Bertz CT molecular complexity index is 776. The monoisotopic (exact) mass is 346 g/mol. The maximum absolute atomic E-state index is 11.9. The molecule has 3 rings (SSSR count). The molecule has 0 aliphatic carbocycles. The Morgan fingerprint density at radius 1 is 0.958 bits per heavy atom. The minimum atomic E-state index is -3.19. The van der Waals surface area contributed by atoms with Crippen molar-refractivity contribution in [3.63, 3.8) is 0 Å². The van der Waals surface area contributed by atoms with Crippen LogP contribution in [-0.2, 0) is 22.9 Å². The van der Waals surface area contributed by atoms with Crippen molar-refractivity contribution in [2.24, 2.45) is 0 Å². The number of nitrogens with zero attached hydrogens (tertiary/aromatic N) is 1. The highest BCUT2D eigenvalue weighted by atomic mass is 32.2. The summed E-state index contributed by atoms with van der Waals surface area (Å²) >= 11 is 0. The number of anilines is 1. The lowest BCUT2D eigenvalue weighted by Gasteiger charge is -2.30. The molecule has 2 aromatic carbocycles. The van der Waals surface area contributed by atoms with Gasteiger partial charge in [-0.2, -0.15) is 0 Å². The maximum Gasteiger partial charge on any atom is 0.154 e. The van der Waals surface area contributed by atoms with Gasteiger partial charge in [-0.15, -0.1) is 0 Å². The molecular formula is C18H22N2O3S. The van der Waals surface area contributed by atoms with Crippen LogP contribution in [0.5, 0.6) is 0 Å². The van der Waals surface area contributed by atoms with Gasteiger partial charge >= 0.3 is 0 Å². The average Bonchev–Trinajstić information content (AvgIpc) is 2.83. The number of rotatable bonds is 5. The van der Waals surface area contributed by atoms with E-state index in [1.165, 1.54) is 0 Å². The van der Waals surface area contributed by atoms with Gasteiger partial charge in [0, 0.05) is 18.8 Å². The van der Waals surface area contributed by atoms with Crippen molar-refractivity contribution in [3.05, 3.63) is 65.7 Å². The van der Waals surface area contributed by atoms with Crippen molar-refractivity contribution in [2.45, 2.75) is 25.2 Å². The molecule has 1 aliphatic rings. The molecule has 5 nitrogen and oxygen atoms in total. The summed E-state index contributed by atoms with van der Waals surface area (Å²) in [5, 5.41) is 10.3. The highest BCUT2D eigenvalue weighted by Crippen LogP contribution is 2.23. The fourth-order valence-electron chi connectivity index (χ4n) is 3.13. The number of hydrogen-bond acceptors (Lipinski definition) is 5. The molecule has 0 bridgehead atoms. The Balaban J connectivity index is 1.84. The van der Waals surface area contributed by atoms with Crippen molar-refractivity contribution in [3.8, 4) is 0 Å². The molecular weight excluding hydrogens is 324 g/mol. The summed E-state index contributed by atoms with van der Waals surface area (Å²) in [6.07, 6.45) is -0.854. The van der Waals surface area contributed by atoms with Crippen LogP contribution in [0.2, 0.25) is 0 Å². The van der Waals surface area contributed by atoms with Gasteiger partial charge in [-0.05, 0) is 23.3 Å². The normalized spacial score (nSPS) is 22.8. The number of nitrogens with two attached hydrogens (primary N) is 1. The van der Waals surface area contributed by atoms with Crippen LogP contribution in [0.3, 0.4) is 0 Å². The minimum absolute atomic E-state index is 0.00400. The van der Waals surface area contributed by atoms with E-state index in [1.807, 2.05) is 59.5 Å². The fraction of sp³-hybridized carbons (Fsp3) is 0.333. The summed E-state index contributed by atoms with van der Waals surface area (Å²) in [4.78, 5) is 2.04. The van der Waals surface area contributed by atoms with Crippen LogP contribution in [0, 0.1) is 0 Å². The molecule has 1 fully saturated rings. The van der Waals surface area contributed by atoms with Crippen molar-refractivity contribution < 1.29 is 13.5 Å². The molecule has 0 saturated carbocycles. The lowest BCUT2D eigenvalue weighted by atomic mass is 10.1. The van der Waals surface area contributed by atoms with E-state index >= 15 is 0 Å². The summed E-state index contributed by atoms with van der Waals surface area (Å²) in [7, 11) is -3.19. The van der Waals surface area contributed by atoms with E-state index in [4.69, 9.17) is 5.73 Å². The van der Waals surface area contributed by atoms with Crippen molar-refractivity contribution >= 4 is 15.5 Å². The van der Waals surface area contributed by atoms with Crippen molar-refractivity contribution in [1.29, 1.82) is 0 Å². The summed E-state index contributed by atoms with van der Waals surface area (Å²) in [6.45, 7) is 1.15. The first-order chi connectivity index (χ1) is 11.4. The minimum Gasteiger partial charge on any atom is -0.399 e. The second-order valence-electron chi connectivity index (χ2n) is 6.34. The number of aliphatic hydroxyl groups is 1. The SMILES string of the molecule is Nc1ccc(CN(Cc2ccccc2)[C@H]2CS(=O)(=O)C[C@H]2O)cc1. The number of nitrogen functional groups attached to an aromatic ring is 1. The molecule has 2 aromatic rings. The zero-order valence-corrected chi connectivity index (χ0v) is 14.2. The van der Waals surface area contributed by atoms with Gasteiger partial charge in [0.15, 0.2) is 9.84 Å². The zero-order valence-electron chi connectivity index (χ0n) is 13.4. The van der Waals surface area contributed by atoms with E-state index in [1.54, 1.807) is 0 Å². The Hall–Kier alpha value is -1.89. The smallest absolute Gasteiger partial charge is 0.154 e. The van der Waals surface area contributed by atoms with Gasteiger partial charge in [0.25, 0.3) is 0 Å². The molecule has 0 amide bonds. The van der Waals surface area contributed by atoms with Crippen LogP contribution in [0.25, 0.3) is 0 Å². The van der Waals surface area contributed by atoms with Crippen molar-refractivity contribution in [1.82, 2.24) is 4.90 Å². The van der Waals surface area contributed by atoms with Crippen molar-refractivity contribution in [2.75, 3.05) is 17.2 Å². The average molecular weight is 346 g/mol. The third-order valence-corrected chi connectivity index (χ3v) is 6.06. The molecule has 1 heterocycles. The first kappa shape index (κ1) is 17.0. The van der Waals surface area contributed by atoms with Crippen LogP contribution in [0.15, 0.2) is 54.6 Å². The summed E-state index contributed by atoms with van der Waals surface area (Å²) in [5.74, 6) is -0.166. The van der Waals surface area contributed by atoms with E-state index in [0.717, 1.165) is 11.1 Å². The second-order valence-corrected chi connectivity index (χ2v) is 8.50. The second kappa shape index (κ2) is 6.93. The van der Waals surface area contributed by atoms with E-state index in [9.17, 15) is 13.5 Å². The molecule has 0 aromatic heterocycles. The molecule has 128 valence electrons. The lowest BCUT2D eigenvalue weighted by Crippen LogP contribution is -2.42. The van der Waals surface area contributed by atoms with E-state index < -0.39 is 22.0 Å². The molecule has 0 unspecified atom stereocenters. The van der Waals surface area contributed by atoms with Crippen LogP contribution in [0.1, 0.15) is 11.1 Å². The van der Waals surface area contributed by atoms with Gasteiger partial charge in [-0.1, -0.05) is 42.5 Å². The van der Waals surface area contributed by atoms with Crippen LogP contribution in [0.4, 0.5) is 5.69 Å². The first-order valence-corrected chi connectivity index (χ1v) is 9.76. The van der Waals surface area contributed by atoms with E-state index in [0.29, 0.717) is 18.8 Å². The molecule has 2 atom stereocenters. The zero-order chi connectivity index (χ0) is 17.2. The summed E-state index contributed by atoms with van der Waals surface area (Å²) < 4.78 is 23.8. The van der Waals surface area contributed by atoms with Crippen LogP contribution < -0.4 is 5.73 Å². The van der Waals surface area contributed by atoms with Gasteiger partial charge < -0.3 is 10.8 Å². The van der Waals surface area contributed by atoms with Gasteiger partial charge in [0.05, 0.1) is 23.7 Å². The highest BCUT2D eigenvalue weighted by molar-refractivity contribution is 7.91. The molecule has 24 heavy (non-hydrogen) atoms. The highest BCUT2D eigenvalue weighted by Gasteiger charge is 2.39. The third-order valence-electron chi connectivity index (χ3n) is 4.36. The maximum atomic E-state index is 11.9. The quantitative estimate of drug-likeness (QED) is 0.800. The standard InChI is InChI=1S/C18H22N2O3S/c19-16-8-6-15(7-9-16)11-20(10-14-4-2-1-3-5-14)17-12-24(22,23)13-18(17)21/h1-9,17-18,21H,10-13,19H2/t17-,18+/m0/s1. The van der Waals surface area contributed by atoms with Crippen LogP contribution >= 0.6 is 0 Å². The van der Waals surface area contributed by atoms with Gasteiger partial charge in [-0.25, -0.2) is 8.42 Å². The fourth-order valence-corrected chi connectivity index (χ4v) is 4.96. The largest absolute Gasteiger partial charge is 0.399 e. The number of aliphatic hydroxyl groups excluding tert-OH is 1. The number of benzene rings is 2. The number of sulfone groups is 1. The molecule has 3 N–H and O–H groups in total. The number of hydrogen-bond donors (Lipinski definition) is 2. The Labute approximate surface area is 142 Å². The molecule has 1 saturated heterocycles. The van der Waals surface area contributed by atoms with Gasteiger partial charge in [0.1, 0.15) is 0 Å². The van der Waals surface area contributed by atoms with Gasteiger partial charge in [-0.3, -0.25) is 4.90 Å². The molecule has 1 aliphatic heterocycles. The van der Waals surface area contributed by atoms with Crippen LogP contribution in [-0.4, -0.2) is 42.1 Å². The van der Waals surface area contributed by atoms with E-state index in [2.05, 4.69) is 0 Å². The third kappa shape index (κ3) is 4.14.